The predicted molar refractivity (Wildman–Crippen MR) is 168 cm³/mol. The average molecular weight is 582 g/mol. The predicted octanol–water partition coefficient (Wildman–Crippen LogP) is 6.45. The second-order valence-corrected chi connectivity index (χ2v) is 13.0. The normalized spacial score (nSPS) is 20.0. The second kappa shape index (κ2) is 11.5. The van der Waals surface area contributed by atoms with E-state index < -0.39 is 22.6 Å². The fourth-order valence-electron chi connectivity index (χ4n) is 6.62. The highest BCUT2D eigenvalue weighted by Crippen LogP contribution is 2.44. The van der Waals surface area contributed by atoms with Gasteiger partial charge < -0.3 is 15.4 Å². The van der Waals surface area contributed by atoms with Gasteiger partial charge in [0, 0.05) is 40.9 Å². The van der Waals surface area contributed by atoms with Crippen molar-refractivity contribution in [1.82, 2.24) is 20.5 Å². The number of carbonyl (C=O) groups is 2. The molecule has 0 radical (unpaired) electrons. The van der Waals surface area contributed by atoms with Crippen LogP contribution < -0.4 is 15.4 Å². The first-order valence-electron chi connectivity index (χ1n) is 15.2. The van der Waals surface area contributed by atoms with Gasteiger partial charge in [0.05, 0.1) is 18.5 Å². The Hall–Kier alpha value is -4.20. The van der Waals surface area contributed by atoms with Gasteiger partial charge in [0.1, 0.15) is 11.4 Å². The Morgan fingerprint density at radius 3 is 2.56 bits per heavy atom. The molecule has 1 aromatic heterocycles. The van der Waals surface area contributed by atoms with Crippen LogP contribution in [0, 0.1) is 5.41 Å². The van der Waals surface area contributed by atoms with Gasteiger partial charge in [-0.2, -0.15) is 0 Å². The summed E-state index contributed by atoms with van der Waals surface area (Å²) in [5.41, 5.74) is 1.63. The van der Waals surface area contributed by atoms with Crippen molar-refractivity contribution in [1.29, 1.82) is 5.41 Å². The number of amides is 2. The largest absolute Gasteiger partial charge is 0.487 e. The third kappa shape index (κ3) is 5.88. The van der Waals surface area contributed by atoms with Crippen molar-refractivity contribution in [2.75, 3.05) is 0 Å². The molecular formula is C35H43N5O3. The molecule has 0 spiro atoms. The van der Waals surface area contributed by atoms with Crippen LogP contribution in [0.25, 0.3) is 0 Å². The van der Waals surface area contributed by atoms with Crippen molar-refractivity contribution < 1.29 is 14.3 Å². The van der Waals surface area contributed by atoms with E-state index in [4.69, 9.17) is 10.1 Å². The van der Waals surface area contributed by atoms with Gasteiger partial charge in [-0.15, -0.1) is 0 Å². The molecule has 5 rings (SSSR count). The Kier molecular flexibility index (Phi) is 8.07. The molecule has 2 atom stereocenters. The molecule has 43 heavy (non-hydrogen) atoms. The van der Waals surface area contributed by atoms with E-state index in [9.17, 15) is 9.59 Å². The number of para-hydroxylation sites is 1. The summed E-state index contributed by atoms with van der Waals surface area (Å²) in [7, 11) is 0. The molecule has 0 unspecified atom stereocenters. The molecule has 3 heterocycles. The molecule has 0 bridgehead atoms. The summed E-state index contributed by atoms with van der Waals surface area (Å²) in [6.07, 6.45) is 5.94. The third-order valence-electron chi connectivity index (χ3n) is 9.23. The lowest BCUT2D eigenvalue weighted by molar-refractivity contribution is -0.134. The zero-order valence-electron chi connectivity index (χ0n) is 26.0. The number of hydrogen-bond acceptors (Lipinski definition) is 5. The monoisotopic (exact) mass is 581 g/mol. The van der Waals surface area contributed by atoms with Gasteiger partial charge in [-0.25, -0.2) is 0 Å². The van der Waals surface area contributed by atoms with Gasteiger partial charge in [-0.3, -0.25) is 24.9 Å². The fraction of sp³-hybridized carbons (Fsp3) is 0.429. The number of guanidine groups is 1. The summed E-state index contributed by atoms with van der Waals surface area (Å²) in [6.45, 7) is 12.3. The number of fused-ring (bicyclic) bond motifs is 1. The van der Waals surface area contributed by atoms with Crippen molar-refractivity contribution >= 4 is 17.8 Å². The summed E-state index contributed by atoms with van der Waals surface area (Å²) < 4.78 is 6.17. The van der Waals surface area contributed by atoms with E-state index in [2.05, 4.69) is 29.5 Å². The van der Waals surface area contributed by atoms with Crippen LogP contribution in [0.2, 0.25) is 0 Å². The summed E-state index contributed by atoms with van der Waals surface area (Å²) in [6, 6.07) is 18.4. The highest BCUT2D eigenvalue weighted by atomic mass is 16.5. The number of pyridine rings is 1. The molecule has 1 saturated heterocycles. The molecule has 8 heteroatoms. The first kappa shape index (κ1) is 30.3. The number of nitrogens with zero attached hydrogens (tertiary/aromatic N) is 2. The number of carbonyl (C=O) groups excluding carboxylic acids is 2. The van der Waals surface area contributed by atoms with Gasteiger partial charge >= 0.3 is 0 Å². The lowest BCUT2D eigenvalue weighted by Gasteiger charge is -2.49. The molecule has 0 aliphatic carbocycles. The van der Waals surface area contributed by atoms with Crippen LogP contribution in [0.5, 0.6) is 5.75 Å². The maximum Gasteiger partial charge on any atom is 0.251 e. The molecule has 226 valence electrons. The molecule has 0 saturated carbocycles. The maximum absolute atomic E-state index is 13.9. The van der Waals surface area contributed by atoms with E-state index in [0.29, 0.717) is 18.4 Å². The van der Waals surface area contributed by atoms with Crippen LogP contribution in [0.1, 0.15) is 106 Å². The number of hydrogen-bond donors (Lipinski definition) is 3. The lowest BCUT2D eigenvalue weighted by Crippen LogP contribution is -2.64. The minimum atomic E-state index is -0.644. The molecule has 3 N–H and O–H groups in total. The number of rotatable bonds is 8. The first-order valence-corrected chi connectivity index (χ1v) is 15.2. The smallest absolute Gasteiger partial charge is 0.251 e. The number of benzene rings is 2. The second-order valence-electron chi connectivity index (χ2n) is 13.0. The Morgan fingerprint density at radius 2 is 1.88 bits per heavy atom. The van der Waals surface area contributed by atoms with Crippen molar-refractivity contribution in [3.8, 4) is 5.75 Å². The zero-order chi connectivity index (χ0) is 31.0. The van der Waals surface area contributed by atoms with Crippen LogP contribution in [-0.4, -0.2) is 38.8 Å². The Labute approximate surface area is 254 Å². The molecule has 2 aliphatic rings. The molecular weight excluding hydrogens is 538 g/mol. The highest BCUT2D eigenvalue weighted by molar-refractivity contribution is 6.00. The van der Waals surface area contributed by atoms with Gasteiger partial charge in [-0.1, -0.05) is 64.1 Å². The van der Waals surface area contributed by atoms with E-state index in [1.807, 2.05) is 88.5 Å². The Bertz CT molecular complexity index is 1490. The SMILES string of the molecule is CCC1(CC)CC(=O)N([C@@H](c2cccc(C(=O)N[C@H]3CC(C)(C)Oc4ccccc43)c2)C(C)(C)c2cccnc2)C(=N)N1. The quantitative estimate of drug-likeness (QED) is 0.284. The number of nitrogens with one attached hydrogen (secondary N) is 3. The minimum absolute atomic E-state index is 0.0813. The van der Waals surface area contributed by atoms with E-state index in [1.54, 1.807) is 17.2 Å². The summed E-state index contributed by atoms with van der Waals surface area (Å²) in [5.74, 6) is 0.551. The standard InChI is InChI=1S/C35H43N5O3/c1-7-35(8-2)21-29(41)40(32(36)39-35)30(34(5,6)25-15-12-18-37-22-25)23-13-11-14-24(19-23)31(42)38-27-20-33(3,4)43-28-17-10-9-16-26(27)28/h9-19,22,27,30H,7-8,20-21H2,1-6H3,(H2,36,39)(H,38,42)/t27-,30-/m0/s1. The van der Waals surface area contributed by atoms with Gasteiger partial charge in [0.15, 0.2) is 5.96 Å². The molecule has 2 aliphatic heterocycles. The van der Waals surface area contributed by atoms with Crippen molar-refractivity contribution in [3.05, 3.63) is 95.3 Å². The molecule has 3 aromatic rings. The molecule has 2 amide bonds. The van der Waals surface area contributed by atoms with Crippen molar-refractivity contribution in [3.63, 3.8) is 0 Å². The van der Waals surface area contributed by atoms with E-state index in [0.717, 1.165) is 35.3 Å². The highest BCUT2D eigenvalue weighted by Gasteiger charge is 2.47. The van der Waals surface area contributed by atoms with E-state index in [-0.39, 0.29) is 23.8 Å². The first-order chi connectivity index (χ1) is 20.4. The number of ether oxygens (including phenoxy) is 1. The Morgan fingerprint density at radius 1 is 1.14 bits per heavy atom. The van der Waals surface area contributed by atoms with Gasteiger partial charge in [-0.05, 0) is 62.1 Å². The lowest BCUT2D eigenvalue weighted by atomic mass is 9.73. The van der Waals surface area contributed by atoms with E-state index in [1.165, 1.54) is 0 Å². The zero-order valence-corrected chi connectivity index (χ0v) is 26.0. The average Bonchev–Trinajstić information content (AvgIpc) is 2.98. The van der Waals surface area contributed by atoms with Crippen LogP contribution in [-0.2, 0) is 10.2 Å². The minimum Gasteiger partial charge on any atom is -0.487 e. The topological polar surface area (TPSA) is 107 Å². The third-order valence-corrected chi connectivity index (χ3v) is 9.23. The van der Waals surface area contributed by atoms with Crippen LogP contribution in [0.3, 0.4) is 0 Å². The van der Waals surface area contributed by atoms with Crippen molar-refractivity contribution in [2.24, 2.45) is 0 Å². The maximum atomic E-state index is 13.9. The molecule has 8 nitrogen and oxygen atoms in total. The van der Waals surface area contributed by atoms with Gasteiger partial charge in [0.25, 0.3) is 5.91 Å². The van der Waals surface area contributed by atoms with Crippen LogP contribution in [0.15, 0.2) is 73.1 Å². The number of aromatic nitrogens is 1. The molecule has 1 fully saturated rings. The Balaban J connectivity index is 1.52. The summed E-state index contributed by atoms with van der Waals surface area (Å²) in [4.78, 5) is 33.7. The fourth-order valence-corrected chi connectivity index (χ4v) is 6.62. The van der Waals surface area contributed by atoms with Crippen LogP contribution in [0.4, 0.5) is 0 Å². The molecule has 2 aromatic carbocycles. The van der Waals surface area contributed by atoms with Gasteiger partial charge in [0.2, 0.25) is 5.91 Å². The summed E-state index contributed by atoms with van der Waals surface area (Å²) >= 11 is 0. The van der Waals surface area contributed by atoms with E-state index >= 15 is 0 Å². The summed E-state index contributed by atoms with van der Waals surface area (Å²) in [5, 5.41) is 15.7. The van der Waals surface area contributed by atoms with Crippen LogP contribution >= 0.6 is 0 Å². The van der Waals surface area contributed by atoms with Crippen molar-refractivity contribution in [2.45, 2.75) is 95.9 Å².